The topological polar surface area (TPSA) is 44.4 Å². The lowest BCUT2D eigenvalue weighted by Crippen LogP contribution is -2.41. The predicted octanol–water partition coefficient (Wildman–Crippen LogP) is 1.12. The average molecular weight is 253 g/mol. The Bertz CT molecular complexity index is 282. The number of fused-ring (bicyclic) bond motifs is 1. The molecule has 18 heavy (non-hydrogen) atoms. The van der Waals surface area contributed by atoms with Gasteiger partial charge in [-0.25, -0.2) is 0 Å². The standard InChI is InChI=1S/C14H27N3O/c1-3-11(2)16-14(18)6-8-15-12-7-10-17-9-4-5-13(12)17/h11-13,15H,3-10H2,1-2H3,(H,16,18). The molecule has 0 aromatic carbocycles. The minimum absolute atomic E-state index is 0.179. The Labute approximate surface area is 110 Å². The third kappa shape index (κ3) is 3.45. The van der Waals surface area contributed by atoms with Crippen molar-refractivity contribution in [2.24, 2.45) is 0 Å². The highest BCUT2D eigenvalue weighted by Gasteiger charge is 2.36. The first kappa shape index (κ1) is 13.8. The first-order valence-electron chi connectivity index (χ1n) is 7.47. The average Bonchev–Trinajstić information content (AvgIpc) is 2.93. The maximum Gasteiger partial charge on any atom is 0.221 e. The molecule has 0 aliphatic carbocycles. The van der Waals surface area contributed by atoms with Gasteiger partial charge in [-0.1, -0.05) is 6.92 Å². The van der Waals surface area contributed by atoms with Crippen molar-refractivity contribution >= 4 is 5.91 Å². The van der Waals surface area contributed by atoms with Crippen molar-refractivity contribution < 1.29 is 4.79 Å². The smallest absolute Gasteiger partial charge is 0.221 e. The van der Waals surface area contributed by atoms with Crippen LogP contribution in [0.3, 0.4) is 0 Å². The Hall–Kier alpha value is -0.610. The molecule has 3 atom stereocenters. The van der Waals surface area contributed by atoms with Crippen molar-refractivity contribution in [1.82, 2.24) is 15.5 Å². The summed E-state index contributed by atoms with van der Waals surface area (Å²) < 4.78 is 0. The Morgan fingerprint density at radius 1 is 1.39 bits per heavy atom. The van der Waals surface area contributed by atoms with E-state index in [0.29, 0.717) is 18.5 Å². The van der Waals surface area contributed by atoms with Gasteiger partial charge in [0.05, 0.1) is 0 Å². The van der Waals surface area contributed by atoms with E-state index in [0.717, 1.165) is 19.0 Å². The van der Waals surface area contributed by atoms with E-state index in [4.69, 9.17) is 0 Å². The van der Waals surface area contributed by atoms with Crippen LogP contribution < -0.4 is 10.6 Å². The molecule has 2 rings (SSSR count). The van der Waals surface area contributed by atoms with Gasteiger partial charge in [-0.2, -0.15) is 0 Å². The Morgan fingerprint density at radius 2 is 2.22 bits per heavy atom. The molecule has 0 aromatic rings. The zero-order valence-corrected chi connectivity index (χ0v) is 11.7. The molecule has 3 unspecified atom stereocenters. The van der Waals surface area contributed by atoms with Crippen molar-refractivity contribution in [2.75, 3.05) is 19.6 Å². The van der Waals surface area contributed by atoms with Crippen LogP contribution in [0, 0.1) is 0 Å². The monoisotopic (exact) mass is 253 g/mol. The fourth-order valence-corrected chi connectivity index (χ4v) is 3.14. The van der Waals surface area contributed by atoms with E-state index in [1.807, 2.05) is 0 Å². The summed E-state index contributed by atoms with van der Waals surface area (Å²) in [5, 5.41) is 6.58. The number of hydrogen-bond acceptors (Lipinski definition) is 3. The van der Waals surface area contributed by atoms with E-state index in [-0.39, 0.29) is 5.91 Å². The van der Waals surface area contributed by atoms with E-state index >= 15 is 0 Å². The lowest BCUT2D eigenvalue weighted by atomic mass is 10.1. The molecule has 0 aromatic heterocycles. The van der Waals surface area contributed by atoms with Crippen molar-refractivity contribution in [3.05, 3.63) is 0 Å². The molecule has 2 fully saturated rings. The Balaban J connectivity index is 1.62. The van der Waals surface area contributed by atoms with Crippen LogP contribution in [0.5, 0.6) is 0 Å². The zero-order chi connectivity index (χ0) is 13.0. The molecular formula is C14H27N3O. The van der Waals surface area contributed by atoms with Crippen LogP contribution in [0.1, 0.15) is 46.0 Å². The highest BCUT2D eigenvalue weighted by molar-refractivity contribution is 5.76. The third-order valence-corrected chi connectivity index (χ3v) is 4.38. The summed E-state index contributed by atoms with van der Waals surface area (Å²) in [5.74, 6) is 0.179. The maximum atomic E-state index is 11.7. The number of amides is 1. The minimum Gasteiger partial charge on any atom is -0.354 e. The van der Waals surface area contributed by atoms with E-state index < -0.39 is 0 Å². The van der Waals surface area contributed by atoms with Gasteiger partial charge in [0.25, 0.3) is 0 Å². The summed E-state index contributed by atoms with van der Waals surface area (Å²) in [6, 6.07) is 1.65. The molecule has 2 aliphatic rings. The highest BCUT2D eigenvalue weighted by Crippen LogP contribution is 2.27. The highest BCUT2D eigenvalue weighted by atomic mass is 16.1. The first-order chi connectivity index (χ1) is 8.70. The second kappa shape index (κ2) is 6.53. The van der Waals surface area contributed by atoms with E-state index in [9.17, 15) is 4.79 Å². The van der Waals surface area contributed by atoms with E-state index in [1.54, 1.807) is 0 Å². The molecule has 1 amide bonds. The summed E-state index contributed by atoms with van der Waals surface area (Å²) in [5.41, 5.74) is 0. The molecular weight excluding hydrogens is 226 g/mol. The molecule has 4 nitrogen and oxygen atoms in total. The molecule has 2 heterocycles. The van der Waals surface area contributed by atoms with Crippen LogP contribution in [-0.4, -0.2) is 48.6 Å². The van der Waals surface area contributed by atoms with Gasteiger partial charge < -0.3 is 10.6 Å². The Morgan fingerprint density at radius 3 is 3.00 bits per heavy atom. The number of carbonyl (C=O) groups is 1. The molecule has 104 valence electrons. The molecule has 4 heteroatoms. The summed E-state index contributed by atoms with van der Waals surface area (Å²) >= 11 is 0. The number of carbonyl (C=O) groups excluding carboxylic acids is 1. The van der Waals surface area contributed by atoms with Crippen molar-refractivity contribution in [1.29, 1.82) is 0 Å². The van der Waals surface area contributed by atoms with Crippen LogP contribution >= 0.6 is 0 Å². The van der Waals surface area contributed by atoms with Crippen LogP contribution in [0.2, 0.25) is 0 Å². The molecule has 0 saturated carbocycles. The molecule has 0 radical (unpaired) electrons. The van der Waals surface area contributed by atoms with Gasteiger partial charge in [-0.3, -0.25) is 9.69 Å². The van der Waals surface area contributed by atoms with Gasteiger partial charge in [-0.15, -0.1) is 0 Å². The van der Waals surface area contributed by atoms with Gasteiger partial charge in [-0.05, 0) is 39.2 Å². The molecule has 2 aliphatic heterocycles. The van der Waals surface area contributed by atoms with Crippen molar-refractivity contribution in [3.63, 3.8) is 0 Å². The molecule has 0 bridgehead atoms. The molecule has 2 saturated heterocycles. The summed E-state index contributed by atoms with van der Waals surface area (Å²) in [6.45, 7) is 7.48. The van der Waals surface area contributed by atoms with E-state index in [1.165, 1.54) is 32.4 Å². The predicted molar refractivity (Wildman–Crippen MR) is 73.5 cm³/mol. The van der Waals surface area contributed by atoms with E-state index in [2.05, 4.69) is 29.4 Å². The summed E-state index contributed by atoms with van der Waals surface area (Å²) in [6.07, 6.45) is 5.53. The number of hydrogen-bond donors (Lipinski definition) is 2. The van der Waals surface area contributed by atoms with Crippen LogP contribution in [0.15, 0.2) is 0 Å². The lowest BCUT2D eigenvalue weighted by molar-refractivity contribution is -0.121. The fraction of sp³-hybridized carbons (Fsp3) is 0.929. The van der Waals surface area contributed by atoms with Crippen molar-refractivity contribution in [3.8, 4) is 0 Å². The number of nitrogens with one attached hydrogen (secondary N) is 2. The van der Waals surface area contributed by atoms with Gasteiger partial charge >= 0.3 is 0 Å². The minimum atomic E-state index is 0.179. The SMILES string of the molecule is CCC(C)NC(=O)CCNC1CCN2CCCC12. The second-order valence-corrected chi connectivity index (χ2v) is 5.72. The number of nitrogens with zero attached hydrogens (tertiary/aromatic N) is 1. The second-order valence-electron chi connectivity index (χ2n) is 5.72. The van der Waals surface area contributed by atoms with Gasteiger partial charge in [0.15, 0.2) is 0 Å². The Kier molecular flexibility index (Phi) is 5.01. The normalized spacial score (nSPS) is 29.2. The summed E-state index contributed by atoms with van der Waals surface area (Å²) in [4.78, 5) is 14.2. The largest absolute Gasteiger partial charge is 0.354 e. The molecule has 0 spiro atoms. The quantitative estimate of drug-likeness (QED) is 0.745. The lowest BCUT2D eigenvalue weighted by Gasteiger charge is -2.21. The number of rotatable bonds is 6. The maximum absolute atomic E-state index is 11.7. The van der Waals surface area contributed by atoms with Gasteiger partial charge in [0, 0.05) is 37.6 Å². The third-order valence-electron chi connectivity index (χ3n) is 4.38. The van der Waals surface area contributed by atoms with Crippen LogP contribution in [0.4, 0.5) is 0 Å². The fourth-order valence-electron chi connectivity index (χ4n) is 3.14. The van der Waals surface area contributed by atoms with Crippen molar-refractivity contribution in [2.45, 2.75) is 64.1 Å². The zero-order valence-electron chi connectivity index (χ0n) is 11.7. The van der Waals surface area contributed by atoms with Gasteiger partial charge in [0.1, 0.15) is 0 Å². The molecule has 2 N–H and O–H groups in total. The van der Waals surface area contributed by atoms with Crippen LogP contribution in [-0.2, 0) is 4.79 Å². The first-order valence-corrected chi connectivity index (χ1v) is 7.47. The summed E-state index contributed by atoms with van der Waals surface area (Å²) in [7, 11) is 0. The van der Waals surface area contributed by atoms with Gasteiger partial charge in [0.2, 0.25) is 5.91 Å². The van der Waals surface area contributed by atoms with Crippen LogP contribution in [0.25, 0.3) is 0 Å².